The summed E-state index contributed by atoms with van der Waals surface area (Å²) in [5.74, 6) is 0.659. The van der Waals surface area contributed by atoms with E-state index in [4.69, 9.17) is 20.3 Å². The van der Waals surface area contributed by atoms with Gasteiger partial charge in [-0.2, -0.15) is 8.42 Å². The van der Waals surface area contributed by atoms with E-state index < -0.39 is 21.2 Å². The Bertz CT molecular complexity index is 591. The number of halogens is 1. The monoisotopic (exact) mass is 355 g/mol. The second-order valence-corrected chi connectivity index (χ2v) is 7.27. The third-order valence-electron chi connectivity index (χ3n) is 2.57. The lowest BCUT2D eigenvalue weighted by Gasteiger charge is -2.09. The molecule has 1 atom stereocenters. The first-order valence-corrected chi connectivity index (χ1v) is 9.46. The van der Waals surface area contributed by atoms with Gasteiger partial charge in [0.1, 0.15) is 0 Å². The van der Waals surface area contributed by atoms with Crippen LogP contribution in [0.1, 0.15) is 12.0 Å². The molecule has 21 heavy (non-hydrogen) atoms. The van der Waals surface area contributed by atoms with E-state index in [0.29, 0.717) is 35.8 Å². The summed E-state index contributed by atoms with van der Waals surface area (Å²) in [6.45, 7) is 2.35. The highest BCUT2D eigenvalue weighted by Crippen LogP contribution is 2.19. The minimum Gasteiger partial charge on any atom is -0.385 e. The zero-order chi connectivity index (χ0) is 15.9. The van der Waals surface area contributed by atoms with Crippen LogP contribution >= 0.6 is 11.6 Å². The molecule has 0 bridgehead atoms. The smallest absolute Gasteiger partial charge is 0.294 e. The van der Waals surface area contributed by atoms with E-state index in [-0.39, 0.29) is 11.5 Å². The standard InChI is InChI=1S/C12H18ClNO5S2/c1-10-3-4-11(9-12(10)21(16,17)18)14-6-2-8-20(15)19-7-5-13/h3-4,9,14H,2,5-8H2,1H3,(H,16,17,18). The Kier molecular flexibility index (Phi) is 7.61. The van der Waals surface area contributed by atoms with E-state index in [1.54, 1.807) is 19.1 Å². The maximum atomic E-state index is 11.3. The van der Waals surface area contributed by atoms with Crippen molar-refractivity contribution < 1.29 is 21.4 Å². The molecule has 6 nitrogen and oxygen atoms in total. The number of nitrogens with one attached hydrogen (secondary N) is 1. The number of anilines is 1. The second kappa shape index (κ2) is 8.70. The van der Waals surface area contributed by atoms with Crippen LogP contribution in [0.2, 0.25) is 0 Å². The fourth-order valence-corrected chi connectivity index (χ4v) is 3.28. The van der Waals surface area contributed by atoms with Crippen LogP contribution in [0.15, 0.2) is 23.1 Å². The van der Waals surface area contributed by atoms with Crippen LogP contribution < -0.4 is 5.32 Å². The molecule has 0 aliphatic heterocycles. The summed E-state index contributed by atoms with van der Waals surface area (Å²) in [5, 5.41) is 3.00. The Morgan fingerprint density at radius 2 is 2.14 bits per heavy atom. The molecule has 0 saturated carbocycles. The van der Waals surface area contributed by atoms with Crippen molar-refractivity contribution in [2.75, 3.05) is 30.1 Å². The normalized spacial score (nSPS) is 13.1. The first-order valence-electron chi connectivity index (χ1n) is 6.24. The second-order valence-electron chi connectivity index (χ2n) is 4.25. The van der Waals surface area contributed by atoms with Crippen molar-refractivity contribution in [2.24, 2.45) is 0 Å². The molecule has 0 fully saturated rings. The van der Waals surface area contributed by atoms with E-state index in [1.807, 2.05) is 0 Å². The van der Waals surface area contributed by atoms with Crippen molar-refractivity contribution in [3.63, 3.8) is 0 Å². The fourth-order valence-electron chi connectivity index (χ4n) is 1.59. The van der Waals surface area contributed by atoms with E-state index in [1.165, 1.54) is 6.07 Å². The average Bonchev–Trinajstić information content (AvgIpc) is 2.41. The fraction of sp³-hybridized carbons (Fsp3) is 0.500. The average molecular weight is 356 g/mol. The lowest BCUT2D eigenvalue weighted by atomic mass is 10.2. The maximum Gasteiger partial charge on any atom is 0.294 e. The molecule has 0 saturated heterocycles. The van der Waals surface area contributed by atoms with E-state index in [9.17, 15) is 12.6 Å². The number of aryl methyl sites for hydroxylation is 1. The Balaban J connectivity index is 2.48. The van der Waals surface area contributed by atoms with Crippen LogP contribution in [0.4, 0.5) is 5.69 Å². The molecule has 0 spiro atoms. The molecule has 0 aliphatic rings. The van der Waals surface area contributed by atoms with Gasteiger partial charge >= 0.3 is 0 Å². The van der Waals surface area contributed by atoms with Gasteiger partial charge in [0.25, 0.3) is 10.1 Å². The summed E-state index contributed by atoms with van der Waals surface area (Å²) in [7, 11) is -4.23. The van der Waals surface area contributed by atoms with Crippen LogP contribution in [0, 0.1) is 6.92 Å². The third-order valence-corrected chi connectivity index (χ3v) is 4.78. The highest BCUT2D eigenvalue weighted by Gasteiger charge is 2.13. The predicted molar refractivity (Wildman–Crippen MR) is 83.8 cm³/mol. The quantitative estimate of drug-likeness (QED) is 0.399. The Morgan fingerprint density at radius 3 is 2.76 bits per heavy atom. The first kappa shape index (κ1) is 18.4. The SMILES string of the molecule is Cc1ccc(NCCCS(=O)OCCCl)cc1S(=O)(=O)O. The third kappa shape index (κ3) is 6.75. The van der Waals surface area contributed by atoms with Crippen LogP contribution in [-0.4, -0.2) is 42.0 Å². The minimum atomic E-state index is -4.23. The molecule has 0 heterocycles. The Hall–Kier alpha value is -0.670. The highest BCUT2D eigenvalue weighted by molar-refractivity contribution is 7.85. The van der Waals surface area contributed by atoms with Crippen molar-refractivity contribution in [2.45, 2.75) is 18.2 Å². The van der Waals surface area contributed by atoms with Gasteiger partial charge in [0.05, 0.1) is 17.3 Å². The van der Waals surface area contributed by atoms with Gasteiger partial charge in [-0.05, 0) is 31.0 Å². The molecule has 2 N–H and O–H groups in total. The van der Waals surface area contributed by atoms with Crippen molar-refractivity contribution >= 4 is 38.5 Å². The lowest BCUT2D eigenvalue weighted by molar-refractivity contribution is 0.374. The molecule has 1 aromatic rings. The van der Waals surface area contributed by atoms with Crippen molar-refractivity contribution in [3.05, 3.63) is 23.8 Å². The Labute approximate surface area is 132 Å². The summed E-state index contributed by atoms with van der Waals surface area (Å²) < 4.78 is 47.7. The van der Waals surface area contributed by atoms with Crippen LogP contribution in [0.5, 0.6) is 0 Å². The number of hydrogen-bond donors (Lipinski definition) is 2. The summed E-state index contributed by atoms with van der Waals surface area (Å²) in [6.07, 6.45) is 0.587. The molecular weight excluding hydrogens is 338 g/mol. The van der Waals surface area contributed by atoms with Gasteiger partial charge < -0.3 is 5.32 Å². The molecule has 0 aliphatic carbocycles. The van der Waals surface area contributed by atoms with Crippen LogP contribution in [0.3, 0.4) is 0 Å². The van der Waals surface area contributed by atoms with E-state index >= 15 is 0 Å². The van der Waals surface area contributed by atoms with Gasteiger partial charge in [-0.1, -0.05) is 6.07 Å². The molecule has 1 aromatic carbocycles. The van der Waals surface area contributed by atoms with Gasteiger partial charge in [0.2, 0.25) is 0 Å². The van der Waals surface area contributed by atoms with Crippen LogP contribution in [-0.2, 0) is 25.4 Å². The maximum absolute atomic E-state index is 11.3. The zero-order valence-electron chi connectivity index (χ0n) is 11.5. The van der Waals surface area contributed by atoms with Crippen molar-refractivity contribution in [3.8, 4) is 0 Å². The number of alkyl halides is 1. The molecule has 0 amide bonds. The summed E-state index contributed by atoms with van der Waals surface area (Å²) in [5.41, 5.74) is 1.04. The Morgan fingerprint density at radius 1 is 1.43 bits per heavy atom. The number of rotatable bonds is 9. The molecule has 9 heteroatoms. The summed E-state index contributed by atoms with van der Waals surface area (Å²) in [6, 6.07) is 4.68. The van der Waals surface area contributed by atoms with Crippen LogP contribution in [0.25, 0.3) is 0 Å². The summed E-state index contributed by atoms with van der Waals surface area (Å²) >= 11 is 4.05. The van der Waals surface area contributed by atoms with Gasteiger partial charge in [0, 0.05) is 18.1 Å². The van der Waals surface area contributed by atoms with E-state index in [2.05, 4.69) is 5.32 Å². The molecule has 0 aromatic heterocycles. The zero-order valence-corrected chi connectivity index (χ0v) is 13.9. The van der Waals surface area contributed by atoms with Gasteiger partial charge in [0.15, 0.2) is 11.1 Å². The topological polar surface area (TPSA) is 92.7 Å². The summed E-state index contributed by atoms with van der Waals surface area (Å²) in [4.78, 5) is -0.124. The highest BCUT2D eigenvalue weighted by atomic mass is 35.5. The molecule has 120 valence electrons. The minimum absolute atomic E-state index is 0.124. The molecule has 0 radical (unpaired) electrons. The van der Waals surface area contributed by atoms with Crippen molar-refractivity contribution in [1.82, 2.24) is 0 Å². The molecule has 1 unspecified atom stereocenters. The van der Waals surface area contributed by atoms with Gasteiger partial charge in [-0.3, -0.25) is 8.74 Å². The molecule has 1 rings (SSSR count). The molecular formula is C12H18ClNO5S2. The van der Waals surface area contributed by atoms with E-state index in [0.717, 1.165) is 0 Å². The largest absolute Gasteiger partial charge is 0.385 e. The van der Waals surface area contributed by atoms with Crippen molar-refractivity contribution in [1.29, 1.82) is 0 Å². The van der Waals surface area contributed by atoms with Gasteiger partial charge in [-0.25, -0.2) is 4.21 Å². The number of benzene rings is 1. The lowest BCUT2D eigenvalue weighted by Crippen LogP contribution is -2.10. The first-order chi connectivity index (χ1) is 9.84. The predicted octanol–water partition coefficient (Wildman–Crippen LogP) is 1.96. The number of hydrogen-bond acceptors (Lipinski definition) is 5. The van der Waals surface area contributed by atoms with Gasteiger partial charge in [-0.15, -0.1) is 11.6 Å².